The monoisotopic (exact) mass is 575 g/mol. The first kappa shape index (κ1) is 25.0. The molecule has 5 rings (SSSR count). The number of H-pyrrole nitrogens is 2. The first-order chi connectivity index (χ1) is 18.4. The Labute approximate surface area is 225 Å². The van der Waals surface area contributed by atoms with Crippen LogP contribution in [-0.4, -0.2) is 51.6 Å². The Morgan fingerprint density at radius 2 is 1.79 bits per heavy atom. The predicted molar refractivity (Wildman–Crippen MR) is 145 cm³/mol. The molecule has 12 heteroatoms. The van der Waals surface area contributed by atoms with Crippen LogP contribution in [0.2, 0.25) is 0 Å². The Balaban J connectivity index is 1.35. The third-order valence-corrected chi connectivity index (χ3v) is 6.30. The number of amides is 2. The summed E-state index contributed by atoms with van der Waals surface area (Å²) in [5.41, 5.74) is 3.40. The van der Waals surface area contributed by atoms with E-state index in [1.165, 1.54) is 0 Å². The van der Waals surface area contributed by atoms with Crippen molar-refractivity contribution in [3.8, 4) is 22.9 Å². The van der Waals surface area contributed by atoms with Crippen molar-refractivity contribution >= 4 is 50.0 Å². The third kappa shape index (κ3) is 5.20. The van der Waals surface area contributed by atoms with Gasteiger partial charge in [0.2, 0.25) is 11.7 Å². The van der Waals surface area contributed by atoms with Crippen LogP contribution in [0.5, 0.6) is 11.5 Å². The first-order valence-electron chi connectivity index (χ1n) is 11.4. The van der Waals surface area contributed by atoms with Gasteiger partial charge >= 0.3 is 0 Å². The van der Waals surface area contributed by atoms with Crippen LogP contribution >= 0.6 is 15.9 Å². The lowest BCUT2D eigenvalue weighted by atomic mass is 10.1. The van der Waals surface area contributed by atoms with Gasteiger partial charge in [0.05, 0.1) is 37.5 Å². The van der Waals surface area contributed by atoms with E-state index >= 15 is 0 Å². The Hall–Kier alpha value is -4.71. The number of anilines is 2. The van der Waals surface area contributed by atoms with Gasteiger partial charge in [0.1, 0.15) is 5.69 Å². The summed E-state index contributed by atoms with van der Waals surface area (Å²) in [6.07, 6.45) is 0.132. The molecule has 2 aromatic heterocycles. The number of hydrogen-bond donors (Lipinski definition) is 4. The van der Waals surface area contributed by atoms with Crippen molar-refractivity contribution in [1.29, 1.82) is 0 Å². The van der Waals surface area contributed by atoms with Crippen LogP contribution in [0, 0.1) is 0 Å². The second-order valence-electron chi connectivity index (χ2n) is 8.25. The number of ether oxygens (including phenoxy) is 2. The van der Waals surface area contributed by atoms with Gasteiger partial charge in [-0.25, -0.2) is 0 Å². The van der Waals surface area contributed by atoms with E-state index < -0.39 is 0 Å². The number of carbonyl (C=O) groups is 2. The number of methoxy groups -OCH3 is 2. The normalized spacial score (nSPS) is 10.8. The van der Waals surface area contributed by atoms with E-state index in [9.17, 15) is 9.59 Å². The summed E-state index contributed by atoms with van der Waals surface area (Å²) in [7, 11) is 3.10. The van der Waals surface area contributed by atoms with E-state index in [-0.39, 0.29) is 18.2 Å². The molecule has 0 unspecified atom stereocenters. The molecule has 0 aliphatic rings. The van der Waals surface area contributed by atoms with Crippen LogP contribution in [0.15, 0.2) is 65.1 Å². The molecule has 192 valence electrons. The number of fused-ring (bicyclic) bond motifs is 1. The SMILES string of the molecule is COc1ccc(CC(=O)Nc2cccc3cc(C(=O)Nc4ccc(Br)cc4-c4nn[nH]n4)[nH]c23)cc1OC. The van der Waals surface area contributed by atoms with Crippen molar-refractivity contribution in [1.82, 2.24) is 25.6 Å². The predicted octanol–water partition coefficient (Wildman–Crippen LogP) is 4.56. The highest BCUT2D eigenvalue weighted by molar-refractivity contribution is 9.10. The van der Waals surface area contributed by atoms with E-state index in [1.807, 2.05) is 18.2 Å². The number of carbonyl (C=O) groups excluding carboxylic acids is 2. The highest BCUT2D eigenvalue weighted by Gasteiger charge is 2.17. The van der Waals surface area contributed by atoms with Gasteiger partial charge in [0, 0.05) is 15.4 Å². The van der Waals surface area contributed by atoms with Crippen LogP contribution in [0.1, 0.15) is 16.1 Å². The van der Waals surface area contributed by atoms with Crippen molar-refractivity contribution in [3.63, 3.8) is 0 Å². The second-order valence-corrected chi connectivity index (χ2v) is 9.16. The maximum absolute atomic E-state index is 13.2. The number of rotatable bonds is 8. The molecule has 4 N–H and O–H groups in total. The molecule has 0 saturated carbocycles. The fraction of sp³-hybridized carbons (Fsp3) is 0.115. The molecule has 0 aliphatic carbocycles. The van der Waals surface area contributed by atoms with Gasteiger partial charge in [-0.05, 0) is 53.2 Å². The fourth-order valence-electron chi connectivity index (χ4n) is 4.03. The number of aromatic amines is 2. The minimum Gasteiger partial charge on any atom is -0.493 e. The molecule has 0 radical (unpaired) electrons. The topological polar surface area (TPSA) is 147 Å². The highest BCUT2D eigenvalue weighted by Crippen LogP contribution is 2.30. The molecule has 38 heavy (non-hydrogen) atoms. The molecule has 5 aromatic rings. The second kappa shape index (κ2) is 10.7. The lowest BCUT2D eigenvalue weighted by Crippen LogP contribution is -2.15. The molecular formula is C26H22BrN7O4. The summed E-state index contributed by atoms with van der Waals surface area (Å²) in [4.78, 5) is 29.1. The van der Waals surface area contributed by atoms with Crippen molar-refractivity contribution in [2.75, 3.05) is 24.9 Å². The van der Waals surface area contributed by atoms with Gasteiger partial charge in [0.25, 0.3) is 5.91 Å². The third-order valence-electron chi connectivity index (χ3n) is 5.80. The Morgan fingerprint density at radius 3 is 2.55 bits per heavy atom. The molecule has 0 fully saturated rings. The average Bonchev–Trinajstić information content (AvgIpc) is 3.60. The van der Waals surface area contributed by atoms with Gasteiger partial charge in [-0.2, -0.15) is 5.21 Å². The smallest absolute Gasteiger partial charge is 0.272 e. The van der Waals surface area contributed by atoms with Crippen LogP contribution in [-0.2, 0) is 11.2 Å². The number of nitrogens with one attached hydrogen (secondary N) is 4. The van der Waals surface area contributed by atoms with Crippen LogP contribution in [0.4, 0.5) is 11.4 Å². The van der Waals surface area contributed by atoms with Gasteiger partial charge in [0.15, 0.2) is 11.5 Å². The van der Waals surface area contributed by atoms with Crippen LogP contribution < -0.4 is 20.1 Å². The minimum atomic E-state index is -0.365. The Bertz CT molecular complexity index is 1630. The van der Waals surface area contributed by atoms with Crippen molar-refractivity contribution in [2.45, 2.75) is 6.42 Å². The number of tetrazole rings is 1. The zero-order valence-electron chi connectivity index (χ0n) is 20.3. The maximum atomic E-state index is 13.2. The molecule has 0 bridgehead atoms. The van der Waals surface area contributed by atoms with Crippen molar-refractivity contribution in [2.24, 2.45) is 0 Å². The summed E-state index contributed by atoms with van der Waals surface area (Å²) < 4.78 is 11.4. The van der Waals surface area contributed by atoms with Crippen LogP contribution in [0.25, 0.3) is 22.3 Å². The van der Waals surface area contributed by atoms with Crippen molar-refractivity contribution in [3.05, 3.63) is 76.4 Å². The number of aromatic nitrogens is 5. The number of benzene rings is 3. The largest absolute Gasteiger partial charge is 0.493 e. The molecule has 0 aliphatic heterocycles. The summed E-state index contributed by atoms with van der Waals surface area (Å²) >= 11 is 3.43. The molecule has 0 atom stereocenters. The minimum absolute atomic E-state index is 0.132. The van der Waals surface area contributed by atoms with Gasteiger partial charge in [-0.1, -0.05) is 34.1 Å². The van der Waals surface area contributed by atoms with Crippen LogP contribution in [0.3, 0.4) is 0 Å². The van der Waals surface area contributed by atoms with E-state index in [0.717, 1.165) is 15.4 Å². The lowest BCUT2D eigenvalue weighted by Gasteiger charge is -2.10. The molecule has 2 amide bonds. The molecular weight excluding hydrogens is 554 g/mol. The highest BCUT2D eigenvalue weighted by atomic mass is 79.9. The van der Waals surface area contributed by atoms with Crippen molar-refractivity contribution < 1.29 is 19.1 Å². The maximum Gasteiger partial charge on any atom is 0.272 e. The zero-order valence-corrected chi connectivity index (χ0v) is 21.9. The first-order valence-corrected chi connectivity index (χ1v) is 12.2. The quantitative estimate of drug-likeness (QED) is 0.212. The summed E-state index contributed by atoms with van der Waals surface area (Å²) in [5, 5.41) is 20.6. The molecule has 2 heterocycles. The number of hydrogen-bond acceptors (Lipinski definition) is 7. The van der Waals surface area contributed by atoms with E-state index in [2.05, 4.69) is 52.2 Å². The molecule has 3 aromatic carbocycles. The lowest BCUT2D eigenvalue weighted by molar-refractivity contribution is -0.115. The summed E-state index contributed by atoms with van der Waals surface area (Å²) in [6, 6.07) is 17.8. The van der Waals surface area contributed by atoms with Gasteiger partial charge < -0.3 is 25.1 Å². The van der Waals surface area contributed by atoms with E-state index in [4.69, 9.17) is 9.47 Å². The average molecular weight is 576 g/mol. The van der Waals surface area contributed by atoms with E-state index in [1.54, 1.807) is 56.7 Å². The molecule has 0 saturated heterocycles. The van der Waals surface area contributed by atoms with Gasteiger partial charge in [-0.3, -0.25) is 9.59 Å². The Kier molecular flexibility index (Phi) is 7.05. The summed E-state index contributed by atoms with van der Waals surface area (Å²) in [5.74, 6) is 0.901. The standard InChI is InChI=1S/C26H22BrN7O4/c1-37-21-9-6-14(10-22(21)38-2)11-23(35)28-19-5-3-4-15-12-20(29-24(15)19)26(36)30-18-8-7-16(27)13-17(18)25-31-33-34-32-25/h3-10,12-13,29H,11H2,1-2H3,(H,28,35)(H,30,36)(H,31,32,33,34). The number of nitrogens with zero attached hydrogens (tertiary/aromatic N) is 3. The summed E-state index contributed by atoms with van der Waals surface area (Å²) in [6.45, 7) is 0. The molecule has 11 nitrogen and oxygen atoms in total. The molecule has 0 spiro atoms. The van der Waals surface area contributed by atoms with E-state index in [0.29, 0.717) is 45.5 Å². The fourth-order valence-corrected chi connectivity index (χ4v) is 4.39. The number of halogens is 1. The number of para-hydroxylation sites is 1. The van der Waals surface area contributed by atoms with Gasteiger partial charge in [-0.15, -0.1) is 10.2 Å². The zero-order chi connectivity index (χ0) is 26.6. The Morgan fingerprint density at radius 1 is 0.947 bits per heavy atom.